The minimum Gasteiger partial charge on any atom is -0.351 e. The highest BCUT2D eigenvalue weighted by atomic mass is 16.2. The Bertz CT molecular complexity index is 981. The van der Waals surface area contributed by atoms with Gasteiger partial charge in [0.2, 0.25) is 5.82 Å². The van der Waals surface area contributed by atoms with E-state index in [2.05, 4.69) is 29.1 Å². The second kappa shape index (κ2) is 9.32. The van der Waals surface area contributed by atoms with Crippen molar-refractivity contribution in [2.24, 2.45) is 5.92 Å². The van der Waals surface area contributed by atoms with Crippen molar-refractivity contribution in [3.8, 4) is 0 Å². The summed E-state index contributed by atoms with van der Waals surface area (Å²) in [6.45, 7) is 5.34. The Morgan fingerprint density at radius 2 is 1.93 bits per heavy atom. The lowest BCUT2D eigenvalue weighted by atomic mass is 10.1. The first-order chi connectivity index (χ1) is 14.0. The maximum absolute atomic E-state index is 13.0. The molecule has 0 unspecified atom stereocenters. The van der Waals surface area contributed by atoms with E-state index in [9.17, 15) is 9.59 Å². The van der Waals surface area contributed by atoms with Gasteiger partial charge in [0, 0.05) is 38.7 Å². The van der Waals surface area contributed by atoms with Gasteiger partial charge in [0.1, 0.15) is 0 Å². The van der Waals surface area contributed by atoms with Crippen LogP contribution in [0.3, 0.4) is 0 Å². The molecule has 0 fully saturated rings. The summed E-state index contributed by atoms with van der Waals surface area (Å²) in [5.41, 5.74) is 2.01. The Labute approximate surface area is 170 Å². The number of hydrogen-bond donors (Lipinski definition) is 1. The van der Waals surface area contributed by atoms with Gasteiger partial charge in [-0.05, 0) is 48.6 Å². The molecule has 0 aliphatic rings. The second-order valence-electron chi connectivity index (χ2n) is 7.51. The molecule has 0 aliphatic heterocycles. The zero-order valence-electron chi connectivity index (χ0n) is 17.1. The van der Waals surface area contributed by atoms with Crippen LogP contribution in [0.25, 0.3) is 5.52 Å². The minimum atomic E-state index is -0.257. The molecule has 0 atom stereocenters. The maximum atomic E-state index is 13.0. The Balaban J connectivity index is 1.78. The summed E-state index contributed by atoms with van der Waals surface area (Å²) < 4.78 is 1.68. The van der Waals surface area contributed by atoms with Crippen molar-refractivity contribution in [3.63, 3.8) is 0 Å². The highest BCUT2D eigenvalue weighted by Crippen LogP contribution is 2.15. The predicted octanol–water partition coefficient (Wildman–Crippen LogP) is 2.82. The van der Waals surface area contributed by atoms with Gasteiger partial charge in [0.25, 0.3) is 11.8 Å². The number of aromatic nitrogens is 3. The summed E-state index contributed by atoms with van der Waals surface area (Å²) in [5.74, 6) is 0.265. The minimum absolute atomic E-state index is 0.221. The van der Waals surface area contributed by atoms with Crippen molar-refractivity contribution < 1.29 is 9.59 Å². The Hall–Kier alpha value is -3.22. The number of carbonyl (C=O) groups excluding carboxylic acids is 2. The van der Waals surface area contributed by atoms with E-state index in [-0.39, 0.29) is 23.3 Å². The van der Waals surface area contributed by atoms with Crippen LogP contribution in [0.2, 0.25) is 0 Å². The first-order valence-electron chi connectivity index (χ1n) is 9.87. The van der Waals surface area contributed by atoms with E-state index >= 15 is 0 Å². The summed E-state index contributed by atoms with van der Waals surface area (Å²) in [6, 6.07) is 9.33. The summed E-state index contributed by atoms with van der Waals surface area (Å²) >= 11 is 0. The normalized spacial score (nSPS) is 11.0. The SMILES string of the molecule is CC(C)CCNC(=O)c1nc(C(=O)N(C)CCc2ccncc2)n2ccccc12. The van der Waals surface area contributed by atoms with Crippen molar-refractivity contribution in [3.05, 3.63) is 66.0 Å². The molecule has 7 nitrogen and oxygen atoms in total. The van der Waals surface area contributed by atoms with Gasteiger partial charge in [-0.15, -0.1) is 0 Å². The van der Waals surface area contributed by atoms with Crippen LogP contribution in [-0.4, -0.2) is 51.2 Å². The quantitative estimate of drug-likeness (QED) is 0.638. The number of nitrogens with one attached hydrogen (secondary N) is 1. The molecule has 0 aliphatic carbocycles. The van der Waals surface area contributed by atoms with E-state index in [1.165, 1.54) is 0 Å². The molecule has 152 valence electrons. The van der Waals surface area contributed by atoms with E-state index in [0.29, 0.717) is 24.5 Å². The van der Waals surface area contributed by atoms with E-state index < -0.39 is 0 Å². The van der Waals surface area contributed by atoms with Crippen LogP contribution in [0.15, 0.2) is 48.9 Å². The van der Waals surface area contributed by atoms with Crippen LogP contribution in [0.4, 0.5) is 0 Å². The fraction of sp³-hybridized carbons (Fsp3) is 0.364. The predicted molar refractivity (Wildman–Crippen MR) is 112 cm³/mol. The average Bonchev–Trinajstić information content (AvgIpc) is 3.11. The van der Waals surface area contributed by atoms with Crippen LogP contribution >= 0.6 is 0 Å². The van der Waals surface area contributed by atoms with Crippen LogP contribution in [-0.2, 0) is 6.42 Å². The largest absolute Gasteiger partial charge is 0.351 e. The lowest BCUT2D eigenvalue weighted by Crippen LogP contribution is -2.30. The van der Waals surface area contributed by atoms with Gasteiger partial charge in [-0.25, -0.2) is 4.98 Å². The molecule has 0 radical (unpaired) electrons. The molecule has 29 heavy (non-hydrogen) atoms. The van der Waals surface area contributed by atoms with E-state index in [0.717, 1.165) is 18.4 Å². The topological polar surface area (TPSA) is 79.6 Å². The van der Waals surface area contributed by atoms with Crippen molar-refractivity contribution in [1.29, 1.82) is 0 Å². The first kappa shape index (κ1) is 20.5. The van der Waals surface area contributed by atoms with Crippen LogP contribution < -0.4 is 5.32 Å². The van der Waals surface area contributed by atoms with Crippen molar-refractivity contribution >= 4 is 17.3 Å². The molecule has 0 aromatic carbocycles. The zero-order chi connectivity index (χ0) is 20.8. The number of rotatable bonds is 8. The van der Waals surface area contributed by atoms with E-state index in [1.54, 1.807) is 41.0 Å². The van der Waals surface area contributed by atoms with Gasteiger partial charge < -0.3 is 10.2 Å². The number of nitrogens with zero attached hydrogens (tertiary/aromatic N) is 4. The highest BCUT2D eigenvalue weighted by Gasteiger charge is 2.23. The smallest absolute Gasteiger partial charge is 0.290 e. The van der Waals surface area contributed by atoms with E-state index in [4.69, 9.17) is 0 Å². The third-order valence-electron chi connectivity index (χ3n) is 4.79. The number of pyridine rings is 2. The van der Waals surface area contributed by atoms with Crippen LogP contribution in [0, 0.1) is 5.92 Å². The van der Waals surface area contributed by atoms with Gasteiger partial charge >= 0.3 is 0 Å². The number of fused-ring (bicyclic) bond motifs is 1. The summed E-state index contributed by atoms with van der Waals surface area (Å²) in [6.07, 6.45) is 6.85. The molecular weight excluding hydrogens is 366 g/mol. The fourth-order valence-electron chi connectivity index (χ4n) is 3.03. The third kappa shape index (κ3) is 4.99. The molecule has 0 bridgehead atoms. The average molecular weight is 393 g/mol. The highest BCUT2D eigenvalue weighted by molar-refractivity contribution is 6.02. The number of amides is 2. The summed E-state index contributed by atoms with van der Waals surface area (Å²) in [4.78, 5) is 35.7. The molecule has 3 aromatic rings. The van der Waals surface area contributed by atoms with Gasteiger partial charge in [-0.2, -0.15) is 0 Å². The zero-order valence-corrected chi connectivity index (χ0v) is 17.1. The van der Waals surface area contributed by atoms with Gasteiger partial charge in [0.05, 0.1) is 5.52 Å². The Kier molecular flexibility index (Phi) is 6.59. The first-order valence-corrected chi connectivity index (χ1v) is 9.87. The van der Waals surface area contributed by atoms with Gasteiger partial charge in [0.15, 0.2) is 5.69 Å². The standard InChI is InChI=1S/C22H27N5O2/c1-16(2)7-13-24-21(28)19-18-6-4-5-14-27(18)20(25-19)22(29)26(3)15-10-17-8-11-23-12-9-17/h4-6,8-9,11-12,14,16H,7,10,13,15H2,1-3H3,(H,24,28). The number of likely N-dealkylation sites (N-methyl/N-ethyl adjacent to an activating group) is 1. The Morgan fingerprint density at radius 3 is 2.66 bits per heavy atom. The van der Waals surface area contributed by atoms with Gasteiger partial charge in [-0.3, -0.25) is 19.0 Å². The maximum Gasteiger partial charge on any atom is 0.290 e. The molecule has 0 spiro atoms. The molecule has 3 rings (SSSR count). The lowest BCUT2D eigenvalue weighted by molar-refractivity contribution is 0.0784. The van der Waals surface area contributed by atoms with Crippen LogP contribution in [0.1, 0.15) is 46.9 Å². The fourth-order valence-corrected chi connectivity index (χ4v) is 3.03. The molecule has 0 saturated heterocycles. The second-order valence-corrected chi connectivity index (χ2v) is 7.51. The molecule has 0 saturated carbocycles. The molecule has 7 heteroatoms. The summed E-state index contributed by atoms with van der Waals surface area (Å²) in [7, 11) is 1.75. The third-order valence-corrected chi connectivity index (χ3v) is 4.79. The molecule has 1 N–H and O–H groups in total. The number of carbonyl (C=O) groups is 2. The number of imidazole rings is 1. The van der Waals surface area contributed by atoms with Crippen LogP contribution in [0.5, 0.6) is 0 Å². The van der Waals surface area contributed by atoms with Gasteiger partial charge in [-0.1, -0.05) is 19.9 Å². The van der Waals surface area contributed by atoms with Crippen molar-refractivity contribution in [1.82, 2.24) is 24.6 Å². The molecule has 3 aromatic heterocycles. The number of hydrogen-bond acceptors (Lipinski definition) is 4. The summed E-state index contributed by atoms with van der Waals surface area (Å²) in [5, 5.41) is 2.90. The Morgan fingerprint density at radius 1 is 1.17 bits per heavy atom. The monoisotopic (exact) mass is 393 g/mol. The van der Waals surface area contributed by atoms with E-state index in [1.807, 2.05) is 24.3 Å². The lowest BCUT2D eigenvalue weighted by Gasteiger charge is -2.16. The molecule has 3 heterocycles. The van der Waals surface area contributed by atoms with Crippen molar-refractivity contribution in [2.75, 3.05) is 20.1 Å². The molecule has 2 amide bonds. The van der Waals surface area contributed by atoms with Crippen molar-refractivity contribution in [2.45, 2.75) is 26.7 Å². The molecular formula is C22H27N5O2.